The molecule has 0 bridgehead atoms. The van der Waals surface area contributed by atoms with E-state index >= 15 is 0 Å². The third-order valence-corrected chi connectivity index (χ3v) is 3.13. The van der Waals surface area contributed by atoms with E-state index < -0.39 is 5.91 Å². The molecule has 0 unspecified atom stereocenters. The third-order valence-electron chi connectivity index (χ3n) is 2.83. The fourth-order valence-electron chi connectivity index (χ4n) is 1.70. The number of unbranched alkanes of at least 4 members (excludes halogenated alkanes) is 4. The third kappa shape index (κ3) is 6.02. The van der Waals surface area contributed by atoms with Crippen molar-refractivity contribution in [3.63, 3.8) is 0 Å². The van der Waals surface area contributed by atoms with Gasteiger partial charge in [-0.3, -0.25) is 20.4 Å². The number of halogens is 1. The maximum Gasteiger partial charge on any atom is 0.272 e. The Morgan fingerprint density at radius 1 is 1.20 bits per heavy atom. The van der Waals surface area contributed by atoms with Crippen molar-refractivity contribution < 1.29 is 9.59 Å². The quantitative estimate of drug-likeness (QED) is 0.462. The Bertz CT molecular complexity index is 452. The lowest BCUT2D eigenvalue weighted by Crippen LogP contribution is -2.41. The van der Waals surface area contributed by atoms with Gasteiger partial charge in [0.1, 0.15) is 5.15 Å². The van der Waals surface area contributed by atoms with Crippen LogP contribution in [0, 0.1) is 0 Å². The predicted octanol–water partition coefficient (Wildman–Crippen LogP) is 2.86. The van der Waals surface area contributed by atoms with Crippen LogP contribution in [0.25, 0.3) is 0 Å². The molecule has 1 aromatic heterocycles. The van der Waals surface area contributed by atoms with Crippen molar-refractivity contribution in [3.05, 3.63) is 29.0 Å². The Morgan fingerprint density at radius 2 is 1.95 bits per heavy atom. The number of aromatic nitrogens is 1. The Balaban J connectivity index is 2.24. The summed E-state index contributed by atoms with van der Waals surface area (Å²) in [6.07, 6.45) is 7.27. The van der Waals surface area contributed by atoms with Crippen molar-refractivity contribution in [2.24, 2.45) is 0 Å². The zero-order chi connectivity index (χ0) is 14.8. The molecule has 110 valence electrons. The van der Waals surface area contributed by atoms with E-state index in [1.807, 2.05) is 0 Å². The van der Waals surface area contributed by atoms with Gasteiger partial charge in [-0.05, 0) is 18.6 Å². The van der Waals surface area contributed by atoms with Crippen LogP contribution in [0.2, 0.25) is 5.15 Å². The highest BCUT2D eigenvalue weighted by Crippen LogP contribution is 2.10. The fraction of sp³-hybridized carbons (Fsp3) is 0.500. The fourth-order valence-corrected chi connectivity index (χ4v) is 1.91. The smallest absolute Gasteiger partial charge is 0.272 e. The lowest BCUT2D eigenvalue weighted by molar-refractivity contribution is -0.122. The highest BCUT2D eigenvalue weighted by Gasteiger charge is 2.11. The van der Waals surface area contributed by atoms with Crippen LogP contribution in [-0.4, -0.2) is 16.8 Å². The van der Waals surface area contributed by atoms with E-state index in [9.17, 15) is 9.59 Å². The minimum Gasteiger partial charge on any atom is -0.273 e. The molecular weight excluding hydrogens is 278 g/mol. The second-order valence-corrected chi connectivity index (χ2v) is 4.87. The number of carbonyl (C=O) groups is 2. The van der Waals surface area contributed by atoms with E-state index in [-0.39, 0.29) is 16.6 Å². The van der Waals surface area contributed by atoms with E-state index in [4.69, 9.17) is 11.6 Å². The summed E-state index contributed by atoms with van der Waals surface area (Å²) in [5.74, 6) is -0.669. The second kappa shape index (κ2) is 9.31. The van der Waals surface area contributed by atoms with Crippen molar-refractivity contribution in [1.82, 2.24) is 15.8 Å². The van der Waals surface area contributed by atoms with Gasteiger partial charge in [-0.1, -0.05) is 44.2 Å². The minimum atomic E-state index is -0.470. The molecule has 2 amide bonds. The molecule has 2 N–H and O–H groups in total. The first kappa shape index (κ1) is 16.4. The molecule has 1 rings (SSSR count). The van der Waals surface area contributed by atoms with Crippen molar-refractivity contribution in [1.29, 1.82) is 0 Å². The van der Waals surface area contributed by atoms with Gasteiger partial charge in [0.25, 0.3) is 5.91 Å². The average molecular weight is 298 g/mol. The first-order chi connectivity index (χ1) is 9.65. The number of rotatable bonds is 7. The van der Waals surface area contributed by atoms with Crippen LogP contribution in [0.5, 0.6) is 0 Å². The Morgan fingerprint density at radius 3 is 2.65 bits per heavy atom. The minimum absolute atomic E-state index is 0.110. The van der Waals surface area contributed by atoms with Crippen LogP contribution in [-0.2, 0) is 4.79 Å². The van der Waals surface area contributed by atoms with Crippen LogP contribution >= 0.6 is 11.6 Å². The summed E-state index contributed by atoms with van der Waals surface area (Å²) < 4.78 is 0. The Hall–Kier alpha value is -1.62. The number of nitrogens with zero attached hydrogens (tertiary/aromatic N) is 1. The van der Waals surface area contributed by atoms with Crippen molar-refractivity contribution in [2.75, 3.05) is 0 Å². The Labute approximate surface area is 124 Å². The van der Waals surface area contributed by atoms with Gasteiger partial charge in [-0.15, -0.1) is 0 Å². The van der Waals surface area contributed by atoms with E-state index in [2.05, 4.69) is 22.8 Å². The standard InChI is InChI=1S/C14H20ClN3O2/c1-2-3-4-5-6-9-12(19)17-18-14(20)11-8-7-10-16-13(11)15/h7-8,10H,2-6,9H2,1H3,(H,17,19)(H,18,20). The number of hydrogen-bond donors (Lipinski definition) is 2. The van der Waals surface area contributed by atoms with Gasteiger partial charge < -0.3 is 0 Å². The van der Waals surface area contributed by atoms with Crippen molar-refractivity contribution in [2.45, 2.75) is 45.4 Å². The number of pyridine rings is 1. The van der Waals surface area contributed by atoms with E-state index in [0.717, 1.165) is 19.3 Å². The van der Waals surface area contributed by atoms with E-state index in [0.29, 0.717) is 6.42 Å². The summed E-state index contributed by atoms with van der Waals surface area (Å²) in [5.41, 5.74) is 4.94. The number of hydrogen-bond acceptors (Lipinski definition) is 3. The summed E-state index contributed by atoms with van der Waals surface area (Å²) >= 11 is 5.78. The SMILES string of the molecule is CCCCCCCC(=O)NNC(=O)c1cccnc1Cl. The van der Waals surface area contributed by atoms with Gasteiger partial charge in [0.15, 0.2) is 0 Å². The molecule has 0 spiro atoms. The molecule has 0 atom stereocenters. The summed E-state index contributed by atoms with van der Waals surface area (Å²) in [6.45, 7) is 2.14. The highest BCUT2D eigenvalue weighted by molar-refractivity contribution is 6.32. The molecule has 0 radical (unpaired) electrons. The first-order valence-corrected chi connectivity index (χ1v) is 7.22. The molecule has 0 aliphatic rings. The van der Waals surface area contributed by atoms with Crippen LogP contribution in [0.4, 0.5) is 0 Å². The molecule has 5 nitrogen and oxygen atoms in total. The van der Waals surface area contributed by atoms with Crippen LogP contribution in [0.1, 0.15) is 55.8 Å². The first-order valence-electron chi connectivity index (χ1n) is 6.85. The topological polar surface area (TPSA) is 71.1 Å². The monoisotopic (exact) mass is 297 g/mol. The van der Waals surface area contributed by atoms with Gasteiger partial charge in [0.05, 0.1) is 5.56 Å². The second-order valence-electron chi connectivity index (χ2n) is 4.51. The largest absolute Gasteiger partial charge is 0.273 e. The molecule has 0 fully saturated rings. The normalized spacial score (nSPS) is 10.1. The molecule has 0 saturated heterocycles. The number of nitrogens with one attached hydrogen (secondary N) is 2. The van der Waals surface area contributed by atoms with Gasteiger partial charge in [0.2, 0.25) is 5.91 Å². The van der Waals surface area contributed by atoms with Gasteiger partial charge in [-0.25, -0.2) is 4.98 Å². The predicted molar refractivity (Wildman–Crippen MR) is 78.2 cm³/mol. The number of hydrazine groups is 1. The summed E-state index contributed by atoms with van der Waals surface area (Å²) in [7, 11) is 0. The lowest BCUT2D eigenvalue weighted by atomic mass is 10.1. The maximum atomic E-state index is 11.7. The zero-order valence-electron chi connectivity index (χ0n) is 11.6. The maximum absolute atomic E-state index is 11.7. The lowest BCUT2D eigenvalue weighted by Gasteiger charge is -2.07. The van der Waals surface area contributed by atoms with Gasteiger partial charge in [-0.2, -0.15) is 0 Å². The van der Waals surface area contributed by atoms with Crippen LogP contribution in [0.15, 0.2) is 18.3 Å². The molecule has 6 heteroatoms. The molecule has 20 heavy (non-hydrogen) atoms. The Kier molecular flexibility index (Phi) is 7.65. The van der Waals surface area contributed by atoms with Crippen molar-refractivity contribution >= 4 is 23.4 Å². The van der Waals surface area contributed by atoms with Crippen LogP contribution < -0.4 is 10.9 Å². The van der Waals surface area contributed by atoms with E-state index in [1.165, 1.54) is 19.0 Å². The molecule has 0 aliphatic heterocycles. The molecule has 0 aromatic carbocycles. The van der Waals surface area contributed by atoms with Gasteiger partial charge in [0, 0.05) is 12.6 Å². The molecule has 1 heterocycles. The van der Waals surface area contributed by atoms with E-state index in [1.54, 1.807) is 12.1 Å². The summed E-state index contributed by atoms with van der Waals surface area (Å²) in [4.78, 5) is 27.1. The molecule has 1 aromatic rings. The summed E-state index contributed by atoms with van der Waals surface area (Å²) in [5, 5.41) is 0.110. The summed E-state index contributed by atoms with van der Waals surface area (Å²) in [6, 6.07) is 3.15. The van der Waals surface area contributed by atoms with Gasteiger partial charge >= 0.3 is 0 Å². The number of carbonyl (C=O) groups excluding carboxylic acids is 2. The highest BCUT2D eigenvalue weighted by atomic mass is 35.5. The number of amides is 2. The van der Waals surface area contributed by atoms with Crippen molar-refractivity contribution in [3.8, 4) is 0 Å². The molecular formula is C14H20ClN3O2. The zero-order valence-corrected chi connectivity index (χ0v) is 12.4. The average Bonchev–Trinajstić information content (AvgIpc) is 2.45. The molecule has 0 saturated carbocycles. The van der Waals surface area contributed by atoms with Crippen LogP contribution in [0.3, 0.4) is 0 Å². The molecule has 0 aliphatic carbocycles.